The van der Waals surface area contributed by atoms with E-state index in [0.29, 0.717) is 19.7 Å². The number of nitrogens with zero attached hydrogens (tertiary/aromatic N) is 1. The molecule has 0 spiro atoms. The number of unbranched alkanes of at least 4 members (excludes halogenated alkanes) is 1. The first-order valence-electron chi connectivity index (χ1n) is 10.0. The number of guanidine groups is 1. The molecule has 0 saturated heterocycles. The van der Waals surface area contributed by atoms with Gasteiger partial charge in [0.2, 0.25) is 0 Å². The molecule has 0 aliphatic heterocycles. The summed E-state index contributed by atoms with van der Waals surface area (Å²) < 4.78 is 10.9. The third-order valence-electron chi connectivity index (χ3n) is 3.51. The number of hydrogen-bond donors (Lipinski definition) is 3. The van der Waals surface area contributed by atoms with Crippen LogP contribution in [0.25, 0.3) is 0 Å². The lowest BCUT2D eigenvalue weighted by atomic mass is 10.2. The highest BCUT2D eigenvalue weighted by molar-refractivity contribution is 5.79. The molecule has 3 N–H and O–H groups in total. The number of carbonyl (C=O) groups excluding carboxylic acids is 1. The van der Waals surface area contributed by atoms with Gasteiger partial charge in [-0.3, -0.25) is 4.99 Å². The minimum absolute atomic E-state index is 0.410. The SMILES string of the molecule is CCNC(=NCCCCOCc1ccccc1)NCCNC(=O)OC(C)(C)C. The third-order valence-corrected chi connectivity index (χ3v) is 3.51. The summed E-state index contributed by atoms with van der Waals surface area (Å²) in [5, 5.41) is 9.11. The van der Waals surface area contributed by atoms with Crippen LogP contribution < -0.4 is 16.0 Å². The fraction of sp³-hybridized carbons (Fsp3) is 0.619. The topological polar surface area (TPSA) is 84.0 Å². The van der Waals surface area contributed by atoms with E-state index in [9.17, 15) is 4.79 Å². The van der Waals surface area contributed by atoms with Crippen molar-refractivity contribution in [1.29, 1.82) is 0 Å². The van der Waals surface area contributed by atoms with Gasteiger partial charge in [-0.05, 0) is 46.1 Å². The molecule has 0 unspecified atom stereocenters. The van der Waals surface area contributed by atoms with Gasteiger partial charge in [-0.15, -0.1) is 0 Å². The molecular weight excluding hydrogens is 356 g/mol. The van der Waals surface area contributed by atoms with Gasteiger partial charge in [0.15, 0.2) is 5.96 Å². The van der Waals surface area contributed by atoms with Gasteiger partial charge >= 0.3 is 6.09 Å². The zero-order valence-electron chi connectivity index (χ0n) is 17.7. The van der Waals surface area contributed by atoms with E-state index in [1.807, 2.05) is 45.9 Å². The molecule has 0 heterocycles. The van der Waals surface area contributed by atoms with Crippen LogP contribution in [0.4, 0.5) is 4.79 Å². The lowest BCUT2D eigenvalue weighted by molar-refractivity contribution is 0.0529. The van der Waals surface area contributed by atoms with Gasteiger partial charge in [0, 0.05) is 32.8 Å². The van der Waals surface area contributed by atoms with E-state index in [1.54, 1.807) is 0 Å². The van der Waals surface area contributed by atoms with Gasteiger partial charge in [0.05, 0.1) is 6.61 Å². The molecule has 1 rings (SSSR count). The average molecular weight is 393 g/mol. The number of nitrogens with one attached hydrogen (secondary N) is 3. The van der Waals surface area contributed by atoms with E-state index in [-0.39, 0.29) is 0 Å². The highest BCUT2D eigenvalue weighted by Gasteiger charge is 2.15. The molecule has 0 saturated carbocycles. The van der Waals surface area contributed by atoms with Crippen LogP contribution in [-0.4, -0.2) is 50.4 Å². The van der Waals surface area contributed by atoms with Gasteiger partial charge in [-0.2, -0.15) is 0 Å². The molecule has 0 bridgehead atoms. The zero-order chi connectivity index (χ0) is 20.7. The first-order valence-corrected chi connectivity index (χ1v) is 10.0. The molecule has 158 valence electrons. The monoisotopic (exact) mass is 392 g/mol. The number of carbonyl (C=O) groups is 1. The predicted octanol–water partition coefficient (Wildman–Crippen LogP) is 3.06. The second-order valence-corrected chi connectivity index (χ2v) is 7.36. The minimum atomic E-state index is -0.487. The van der Waals surface area contributed by atoms with Crippen LogP contribution in [-0.2, 0) is 16.1 Å². The normalized spacial score (nSPS) is 11.8. The Bertz CT molecular complexity index is 571. The van der Waals surface area contributed by atoms with Crippen molar-refractivity contribution < 1.29 is 14.3 Å². The van der Waals surface area contributed by atoms with Crippen molar-refractivity contribution in [2.24, 2.45) is 4.99 Å². The van der Waals surface area contributed by atoms with Crippen molar-refractivity contribution in [3.8, 4) is 0 Å². The zero-order valence-corrected chi connectivity index (χ0v) is 17.7. The van der Waals surface area contributed by atoms with Crippen LogP contribution >= 0.6 is 0 Å². The van der Waals surface area contributed by atoms with Crippen LogP contribution in [0, 0.1) is 0 Å². The molecule has 28 heavy (non-hydrogen) atoms. The second-order valence-electron chi connectivity index (χ2n) is 7.36. The van der Waals surface area contributed by atoms with Gasteiger partial charge in [0.1, 0.15) is 5.60 Å². The van der Waals surface area contributed by atoms with E-state index < -0.39 is 11.7 Å². The number of aliphatic imine (C=N–C) groups is 1. The van der Waals surface area contributed by atoms with Gasteiger partial charge < -0.3 is 25.4 Å². The molecule has 0 atom stereocenters. The Morgan fingerprint density at radius 2 is 1.75 bits per heavy atom. The van der Waals surface area contributed by atoms with Crippen molar-refractivity contribution in [3.63, 3.8) is 0 Å². The van der Waals surface area contributed by atoms with Gasteiger partial charge in [-0.25, -0.2) is 4.79 Å². The Morgan fingerprint density at radius 3 is 2.43 bits per heavy atom. The molecule has 7 nitrogen and oxygen atoms in total. The maximum absolute atomic E-state index is 11.6. The van der Waals surface area contributed by atoms with E-state index in [2.05, 4.69) is 33.1 Å². The molecule has 7 heteroatoms. The maximum Gasteiger partial charge on any atom is 0.407 e. The number of amides is 1. The quantitative estimate of drug-likeness (QED) is 0.306. The van der Waals surface area contributed by atoms with Crippen molar-refractivity contribution in [3.05, 3.63) is 35.9 Å². The van der Waals surface area contributed by atoms with Gasteiger partial charge in [0.25, 0.3) is 0 Å². The summed E-state index contributed by atoms with van der Waals surface area (Å²) in [6.07, 6.45) is 1.52. The van der Waals surface area contributed by atoms with Crippen molar-refractivity contribution in [2.75, 3.05) is 32.8 Å². The van der Waals surface area contributed by atoms with Crippen LogP contribution in [0.1, 0.15) is 46.1 Å². The highest BCUT2D eigenvalue weighted by Crippen LogP contribution is 2.06. The van der Waals surface area contributed by atoms with Crippen LogP contribution in [0.3, 0.4) is 0 Å². The minimum Gasteiger partial charge on any atom is -0.444 e. The predicted molar refractivity (Wildman–Crippen MR) is 114 cm³/mol. The smallest absolute Gasteiger partial charge is 0.407 e. The lowest BCUT2D eigenvalue weighted by Crippen LogP contribution is -2.42. The summed E-state index contributed by atoms with van der Waals surface area (Å²) in [4.78, 5) is 16.1. The molecule has 0 fully saturated rings. The summed E-state index contributed by atoms with van der Waals surface area (Å²) in [6.45, 7) is 11.5. The Hall–Kier alpha value is -2.28. The number of rotatable bonds is 11. The molecule has 0 radical (unpaired) electrons. The molecule has 0 aliphatic carbocycles. The molecule has 0 aliphatic rings. The fourth-order valence-electron chi connectivity index (χ4n) is 2.27. The molecular formula is C21H36N4O3. The summed E-state index contributed by atoms with van der Waals surface area (Å²) >= 11 is 0. The molecule has 1 amide bonds. The third kappa shape index (κ3) is 13.0. The largest absolute Gasteiger partial charge is 0.444 e. The molecule has 1 aromatic carbocycles. The van der Waals surface area contributed by atoms with Crippen molar-refractivity contribution in [2.45, 2.75) is 52.7 Å². The summed E-state index contributed by atoms with van der Waals surface area (Å²) in [5.41, 5.74) is 0.706. The second kappa shape index (κ2) is 13.8. The van der Waals surface area contributed by atoms with E-state index in [0.717, 1.165) is 38.5 Å². The molecule has 0 aromatic heterocycles. The van der Waals surface area contributed by atoms with Crippen molar-refractivity contribution in [1.82, 2.24) is 16.0 Å². The van der Waals surface area contributed by atoms with Crippen LogP contribution in [0.2, 0.25) is 0 Å². The highest BCUT2D eigenvalue weighted by atomic mass is 16.6. The van der Waals surface area contributed by atoms with Crippen LogP contribution in [0.5, 0.6) is 0 Å². The van der Waals surface area contributed by atoms with Gasteiger partial charge in [-0.1, -0.05) is 30.3 Å². The summed E-state index contributed by atoms with van der Waals surface area (Å²) in [5.74, 6) is 0.749. The van der Waals surface area contributed by atoms with Crippen LogP contribution in [0.15, 0.2) is 35.3 Å². The van der Waals surface area contributed by atoms with E-state index in [1.165, 1.54) is 5.56 Å². The lowest BCUT2D eigenvalue weighted by Gasteiger charge is -2.19. The average Bonchev–Trinajstić information content (AvgIpc) is 2.63. The first kappa shape index (κ1) is 23.8. The Labute approximate surface area is 169 Å². The fourth-order valence-corrected chi connectivity index (χ4v) is 2.27. The van der Waals surface area contributed by atoms with Crippen molar-refractivity contribution >= 4 is 12.1 Å². The summed E-state index contributed by atoms with van der Waals surface area (Å²) in [7, 11) is 0. The number of hydrogen-bond acceptors (Lipinski definition) is 4. The summed E-state index contributed by atoms with van der Waals surface area (Å²) in [6, 6.07) is 10.2. The Morgan fingerprint density at radius 1 is 1.04 bits per heavy atom. The number of alkyl carbamates (subject to hydrolysis) is 1. The van der Waals surface area contributed by atoms with E-state index >= 15 is 0 Å². The maximum atomic E-state index is 11.6. The number of benzene rings is 1. The Kier molecular flexibility index (Phi) is 11.7. The standard InChI is InChI=1S/C21H36N4O3/c1-5-22-19(24-14-15-25-20(26)28-21(2,3)4)23-13-9-10-16-27-17-18-11-7-6-8-12-18/h6-8,11-12H,5,9-10,13-17H2,1-4H3,(H,25,26)(H2,22,23,24). The Balaban J connectivity index is 2.13. The van der Waals surface area contributed by atoms with E-state index in [4.69, 9.17) is 9.47 Å². The number of ether oxygens (including phenoxy) is 2. The molecule has 1 aromatic rings. The first-order chi connectivity index (χ1) is 13.4.